The van der Waals surface area contributed by atoms with Crippen molar-refractivity contribution >= 4 is 19.8 Å². The van der Waals surface area contributed by atoms with Crippen molar-refractivity contribution in [3.05, 3.63) is 85.1 Å². The second-order valence-corrected chi connectivity index (χ2v) is 16.4. The van der Waals surface area contributed by atoms with Crippen molar-refractivity contribution in [2.45, 2.75) is 148 Å². The summed E-state index contributed by atoms with van der Waals surface area (Å²) in [5, 5.41) is 0. The molecule has 0 saturated carbocycles. The summed E-state index contributed by atoms with van der Waals surface area (Å²) >= 11 is 0. The number of esters is 2. The van der Waals surface area contributed by atoms with E-state index < -0.39 is 32.5 Å². The minimum absolute atomic E-state index is 0.0121. The van der Waals surface area contributed by atoms with Gasteiger partial charge in [-0.05, 0) is 77.0 Å². The molecule has 2 atom stereocenters. The highest BCUT2D eigenvalue weighted by molar-refractivity contribution is 7.47. The van der Waals surface area contributed by atoms with Gasteiger partial charge in [0.2, 0.25) is 0 Å². The van der Waals surface area contributed by atoms with Gasteiger partial charge in [0.15, 0.2) is 6.10 Å². The Balaban J connectivity index is 4.47. The number of carbonyl (C=O) groups is 2. The third kappa shape index (κ3) is 40.8. The molecule has 0 rings (SSSR count). The number of hydrogen-bond acceptors (Lipinski definition) is 7. The van der Waals surface area contributed by atoms with E-state index in [0.717, 1.165) is 77.0 Å². The van der Waals surface area contributed by atoms with Gasteiger partial charge in [0.05, 0.1) is 27.7 Å². The van der Waals surface area contributed by atoms with Crippen LogP contribution in [0, 0.1) is 0 Å². The summed E-state index contributed by atoms with van der Waals surface area (Å²) in [6, 6.07) is 0. The molecule has 0 aliphatic rings. The van der Waals surface area contributed by atoms with Crippen molar-refractivity contribution < 1.29 is 42.1 Å². The minimum atomic E-state index is -4.40. The first kappa shape index (κ1) is 53.2. The number of phosphoric ester groups is 1. The van der Waals surface area contributed by atoms with E-state index in [4.69, 9.17) is 18.5 Å². The predicted octanol–water partition coefficient (Wildman–Crippen LogP) is 12.0. The van der Waals surface area contributed by atoms with Gasteiger partial charge in [0, 0.05) is 12.8 Å². The normalized spacial score (nSPS) is 14.5. The maximum absolute atomic E-state index is 12.6. The van der Waals surface area contributed by atoms with E-state index in [2.05, 4.69) is 86.8 Å². The van der Waals surface area contributed by atoms with E-state index in [0.29, 0.717) is 23.9 Å². The Labute approximate surface area is 341 Å². The van der Waals surface area contributed by atoms with Crippen LogP contribution in [0.15, 0.2) is 85.1 Å². The molecule has 0 amide bonds. The first-order valence-corrected chi connectivity index (χ1v) is 22.8. The van der Waals surface area contributed by atoms with Crippen molar-refractivity contribution in [2.75, 3.05) is 47.5 Å². The minimum Gasteiger partial charge on any atom is -0.462 e. The summed E-state index contributed by atoms with van der Waals surface area (Å²) in [5.74, 6) is -0.918. The van der Waals surface area contributed by atoms with Crippen LogP contribution in [0.5, 0.6) is 0 Å². The number of quaternary nitrogens is 1. The lowest BCUT2D eigenvalue weighted by molar-refractivity contribution is -0.870. The highest BCUT2D eigenvalue weighted by atomic mass is 31.2. The van der Waals surface area contributed by atoms with Crippen molar-refractivity contribution in [3.8, 4) is 0 Å². The molecule has 0 aromatic heterocycles. The maximum atomic E-state index is 12.6. The zero-order chi connectivity index (χ0) is 41.4. The highest BCUT2D eigenvalue weighted by Gasteiger charge is 2.27. The van der Waals surface area contributed by atoms with Crippen LogP contribution < -0.4 is 0 Å². The molecule has 10 heteroatoms. The maximum Gasteiger partial charge on any atom is 0.472 e. The van der Waals surface area contributed by atoms with Crippen LogP contribution in [0.4, 0.5) is 0 Å². The van der Waals surface area contributed by atoms with Gasteiger partial charge < -0.3 is 18.9 Å². The Kier molecular flexibility index (Phi) is 35.9. The van der Waals surface area contributed by atoms with Gasteiger partial charge >= 0.3 is 19.8 Å². The largest absolute Gasteiger partial charge is 0.472 e. The van der Waals surface area contributed by atoms with Crippen LogP contribution in [0.25, 0.3) is 0 Å². The number of unbranched alkanes of at least 4 members (excludes halogenated alkanes) is 9. The van der Waals surface area contributed by atoms with E-state index in [9.17, 15) is 19.0 Å². The summed E-state index contributed by atoms with van der Waals surface area (Å²) in [6.07, 6.45) is 47.9. The number of likely N-dealkylation sites (N-methyl/N-ethyl adjacent to an activating group) is 1. The topological polar surface area (TPSA) is 108 Å². The molecule has 0 saturated heterocycles. The molecule has 0 aromatic carbocycles. The quantitative estimate of drug-likeness (QED) is 0.0217. The molecule has 0 fully saturated rings. The Morgan fingerprint density at radius 3 is 1.59 bits per heavy atom. The molecule has 9 nitrogen and oxygen atoms in total. The first-order valence-electron chi connectivity index (χ1n) is 21.3. The van der Waals surface area contributed by atoms with Crippen molar-refractivity contribution in [2.24, 2.45) is 0 Å². The zero-order valence-electron chi connectivity index (χ0n) is 35.8. The summed E-state index contributed by atoms with van der Waals surface area (Å²) in [7, 11) is 1.41. The van der Waals surface area contributed by atoms with Crippen molar-refractivity contribution in [1.82, 2.24) is 0 Å². The molecule has 320 valence electrons. The monoisotopic (exact) mass is 805 g/mol. The molecule has 0 aliphatic carbocycles. The van der Waals surface area contributed by atoms with Crippen LogP contribution in [0.2, 0.25) is 0 Å². The average Bonchev–Trinajstić information content (AvgIpc) is 3.15. The Morgan fingerprint density at radius 1 is 0.571 bits per heavy atom. The molecular formula is C46H79NO8P+. The summed E-state index contributed by atoms with van der Waals surface area (Å²) in [5.41, 5.74) is 0. The van der Waals surface area contributed by atoms with E-state index in [1.807, 2.05) is 33.3 Å². The molecule has 1 N–H and O–H groups in total. The molecule has 0 aliphatic heterocycles. The van der Waals surface area contributed by atoms with E-state index in [-0.39, 0.29) is 26.1 Å². The van der Waals surface area contributed by atoms with E-state index >= 15 is 0 Å². The van der Waals surface area contributed by atoms with Crippen LogP contribution in [-0.4, -0.2) is 74.9 Å². The number of phosphoric acid groups is 1. The standard InChI is InChI=1S/C46H78NO8P/c1-6-8-10-12-14-16-18-20-21-22-23-24-25-27-28-30-32-34-36-38-45(48)52-42-44(43-54-56(50,51)53-41-40-47(3,4)5)55-46(49)39-37-35-33-31-29-26-19-17-15-13-11-9-7-2/h9,11,14-17,20-21,23-24,26,29,33,35,44H,6-8,10,12-13,18-19,22,25,27-28,30-32,34,36-43H2,1-5H3/p+1/b11-9-,16-14-,17-15-,21-20-,24-23-,29-26-,35-33-. The third-order valence-corrected chi connectivity index (χ3v) is 9.41. The van der Waals surface area contributed by atoms with Crippen LogP contribution in [0.1, 0.15) is 142 Å². The number of allylic oxidation sites excluding steroid dienone is 14. The lowest BCUT2D eigenvalue weighted by Gasteiger charge is -2.24. The number of carbonyl (C=O) groups excluding carboxylic acids is 2. The van der Waals surface area contributed by atoms with Gasteiger partial charge in [-0.25, -0.2) is 4.57 Å². The lowest BCUT2D eigenvalue weighted by Crippen LogP contribution is -2.37. The van der Waals surface area contributed by atoms with Crippen molar-refractivity contribution in [1.29, 1.82) is 0 Å². The summed E-state index contributed by atoms with van der Waals surface area (Å²) in [6.45, 7) is 4.15. The third-order valence-electron chi connectivity index (χ3n) is 8.42. The fraction of sp³-hybridized carbons (Fsp3) is 0.652. The van der Waals surface area contributed by atoms with Gasteiger partial charge in [-0.1, -0.05) is 137 Å². The average molecular weight is 805 g/mol. The Morgan fingerprint density at radius 2 is 1.05 bits per heavy atom. The van der Waals surface area contributed by atoms with Gasteiger partial charge in [-0.15, -0.1) is 0 Å². The summed E-state index contributed by atoms with van der Waals surface area (Å²) < 4.78 is 34.1. The Bertz CT molecular complexity index is 1230. The molecule has 56 heavy (non-hydrogen) atoms. The molecule has 0 radical (unpaired) electrons. The molecular weight excluding hydrogens is 725 g/mol. The number of rotatable bonds is 37. The van der Waals surface area contributed by atoms with Crippen LogP contribution >= 0.6 is 7.82 Å². The molecule has 0 aromatic rings. The van der Waals surface area contributed by atoms with Gasteiger partial charge in [0.1, 0.15) is 19.8 Å². The molecule has 0 heterocycles. The van der Waals surface area contributed by atoms with E-state index in [1.54, 1.807) is 0 Å². The summed E-state index contributed by atoms with van der Waals surface area (Å²) in [4.78, 5) is 35.3. The van der Waals surface area contributed by atoms with Crippen molar-refractivity contribution in [3.63, 3.8) is 0 Å². The smallest absolute Gasteiger partial charge is 0.462 e. The molecule has 0 bridgehead atoms. The van der Waals surface area contributed by atoms with Gasteiger partial charge in [-0.2, -0.15) is 0 Å². The van der Waals surface area contributed by atoms with Gasteiger partial charge in [-0.3, -0.25) is 18.6 Å². The van der Waals surface area contributed by atoms with Crippen LogP contribution in [-0.2, 0) is 32.7 Å². The number of hydrogen-bond donors (Lipinski definition) is 1. The Hall–Kier alpha value is -2.81. The fourth-order valence-corrected chi connectivity index (χ4v) is 5.83. The highest BCUT2D eigenvalue weighted by Crippen LogP contribution is 2.43. The SMILES string of the molecule is CC/C=C\C/C=C\C/C=C\C/C=C\CCC(=O)OC(COC(=O)CCCCCCCC/C=C\C/C=C\C/C=C\CCCCC)COP(=O)(O)OCC[N+](C)(C)C. The second kappa shape index (κ2) is 37.7. The first-order chi connectivity index (χ1) is 27.0. The molecule has 2 unspecified atom stereocenters. The van der Waals surface area contributed by atoms with Gasteiger partial charge in [0.25, 0.3) is 0 Å². The van der Waals surface area contributed by atoms with Crippen LogP contribution in [0.3, 0.4) is 0 Å². The second-order valence-electron chi connectivity index (χ2n) is 15.0. The fourth-order valence-electron chi connectivity index (χ4n) is 5.09. The number of nitrogens with zero attached hydrogens (tertiary/aromatic N) is 1. The molecule has 0 spiro atoms. The number of ether oxygens (including phenoxy) is 2. The lowest BCUT2D eigenvalue weighted by atomic mass is 10.1. The zero-order valence-corrected chi connectivity index (χ0v) is 36.7. The predicted molar refractivity (Wildman–Crippen MR) is 233 cm³/mol. The van der Waals surface area contributed by atoms with E-state index in [1.165, 1.54) is 25.7 Å².